The van der Waals surface area contributed by atoms with Gasteiger partial charge in [0, 0.05) is 18.3 Å². The van der Waals surface area contributed by atoms with E-state index in [9.17, 15) is 0 Å². The third-order valence-electron chi connectivity index (χ3n) is 1.95. The van der Waals surface area contributed by atoms with Crippen molar-refractivity contribution >= 4 is 5.69 Å². The number of ether oxygens (including phenoxy) is 2. The highest BCUT2D eigenvalue weighted by Crippen LogP contribution is 2.34. The van der Waals surface area contributed by atoms with Gasteiger partial charge in [-0.25, -0.2) is 0 Å². The number of hydrogen-bond donors (Lipinski definition) is 1. The quantitative estimate of drug-likeness (QED) is 0.771. The molecule has 1 aliphatic rings. The van der Waals surface area contributed by atoms with Gasteiger partial charge in [0.15, 0.2) is 11.5 Å². The molecule has 1 aromatic rings. The van der Waals surface area contributed by atoms with Gasteiger partial charge in [0.25, 0.3) is 0 Å². The number of benzene rings is 1. The zero-order valence-electron chi connectivity index (χ0n) is 7.67. The summed E-state index contributed by atoms with van der Waals surface area (Å²) in [4.78, 5) is 0. The first-order valence-electron chi connectivity index (χ1n) is 4.53. The zero-order chi connectivity index (χ0) is 9.10. The smallest absolute Gasteiger partial charge is 0.231 e. The first-order chi connectivity index (χ1) is 6.40. The molecule has 1 N–H and O–H groups in total. The van der Waals surface area contributed by atoms with E-state index >= 15 is 0 Å². The van der Waals surface area contributed by atoms with E-state index in [4.69, 9.17) is 9.47 Å². The van der Waals surface area contributed by atoms with Crippen LogP contribution < -0.4 is 14.8 Å². The second-order valence-corrected chi connectivity index (χ2v) is 2.99. The predicted octanol–water partition coefficient (Wildman–Crippen LogP) is 2.24. The minimum Gasteiger partial charge on any atom is -0.454 e. The lowest BCUT2D eigenvalue weighted by molar-refractivity contribution is 0.174. The van der Waals surface area contributed by atoms with Crippen molar-refractivity contribution < 1.29 is 9.47 Å². The highest BCUT2D eigenvalue weighted by atomic mass is 16.7. The van der Waals surface area contributed by atoms with E-state index < -0.39 is 0 Å². The third kappa shape index (κ3) is 1.69. The molecular weight excluding hydrogens is 166 g/mol. The van der Waals surface area contributed by atoms with Gasteiger partial charge in [0.05, 0.1) is 0 Å². The normalized spacial score (nSPS) is 13.0. The van der Waals surface area contributed by atoms with Crippen LogP contribution in [0, 0.1) is 0 Å². The molecule has 70 valence electrons. The summed E-state index contributed by atoms with van der Waals surface area (Å²) < 4.78 is 10.5. The SMILES string of the molecule is CCCNc1ccc2c(c1)OCO2. The largest absolute Gasteiger partial charge is 0.454 e. The van der Waals surface area contributed by atoms with Crippen LogP contribution in [0.3, 0.4) is 0 Å². The lowest BCUT2D eigenvalue weighted by Crippen LogP contribution is -1.98. The van der Waals surface area contributed by atoms with Gasteiger partial charge in [-0.05, 0) is 18.6 Å². The number of rotatable bonds is 3. The van der Waals surface area contributed by atoms with E-state index in [1.54, 1.807) is 0 Å². The van der Waals surface area contributed by atoms with Gasteiger partial charge in [-0.3, -0.25) is 0 Å². The summed E-state index contributed by atoms with van der Waals surface area (Å²) in [6, 6.07) is 5.90. The van der Waals surface area contributed by atoms with Crippen molar-refractivity contribution in [1.29, 1.82) is 0 Å². The van der Waals surface area contributed by atoms with Crippen molar-refractivity contribution in [3.8, 4) is 11.5 Å². The highest BCUT2D eigenvalue weighted by Gasteiger charge is 2.12. The molecule has 1 aliphatic heterocycles. The molecule has 0 spiro atoms. The second-order valence-electron chi connectivity index (χ2n) is 2.99. The molecule has 0 saturated heterocycles. The molecule has 1 heterocycles. The molecule has 0 radical (unpaired) electrons. The standard InChI is InChI=1S/C10H13NO2/c1-2-5-11-8-3-4-9-10(6-8)13-7-12-9/h3-4,6,11H,2,5,7H2,1H3. The molecule has 0 atom stereocenters. The molecule has 0 fully saturated rings. The van der Waals surface area contributed by atoms with Gasteiger partial charge in [-0.2, -0.15) is 0 Å². The molecule has 2 rings (SSSR count). The van der Waals surface area contributed by atoms with E-state index in [1.165, 1.54) is 0 Å². The number of fused-ring (bicyclic) bond motifs is 1. The van der Waals surface area contributed by atoms with Crippen LogP contribution in [0.1, 0.15) is 13.3 Å². The Morgan fingerprint density at radius 2 is 2.15 bits per heavy atom. The van der Waals surface area contributed by atoms with Crippen molar-refractivity contribution in [3.05, 3.63) is 18.2 Å². The van der Waals surface area contributed by atoms with Crippen LogP contribution in [-0.2, 0) is 0 Å². The van der Waals surface area contributed by atoms with Gasteiger partial charge in [0.2, 0.25) is 6.79 Å². The molecule has 1 aromatic carbocycles. The predicted molar refractivity (Wildman–Crippen MR) is 51.3 cm³/mol. The zero-order valence-corrected chi connectivity index (χ0v) is 7.67. The van der Waals surface area contributed by atoms with Crippen molar-refractivity contribution in [2.45, 2.75) is 13.3 Å². The van der Waals surface area contributed by atoms with Crippen molar-refractivity contribution in [2.24, 2.45) is 0 Å². The van der Waals surface area contributed by atoms with Crippen LogP contribution in [0.2, 0.25) is 0 Å². The van der Waals surface area contributed by atoms with E-state index in [0.717, 1.165) is 30.2 Å². The Balaban J connectivity index is 2.12. The Labute approximate surface area is 77.7 Å². The molecule has 3 heteroatoms. The number of anilines is 1. The minimum atomic E-state index is 0.340. The molecule has 0 amide bonds. The van der Waals surface area contributed by atoms with E-state index in [2.05, 4.69) is 12.2 Å². The Kier molecular flexibility index (Phi) is 2.25. The van der Waals surface area contributed by atoms with Crippen LogP contribution in [0.25, 0.3) is 0 Å². The van der Waals surface area contributed by atoms with Crippen LogP contribution in [0.5, 0.6) is 11.5 Å². The van der Waals surface area contributed by atoms with Gasteiger partial charge in [0.1, 0.15) is 0 Å². The summed E-state index contributed by atoms with van der Waals surface area (Å²) in [5.41, 5.74) is 1.09. The monoisotopic (exact) mass is 179 g/mol. The van der Waals surface area contributed by atoms with Crippen LogP contribution >= 0.6 is 0 Å². The van der Waals surface area contributed by atoms with E-state index in [1.807, 2.05) is 18.2 Å². The summed E-state index contributed by atoms with van der Waals surface area (Å²) in [6.45, 7) is 3.46. The fraction of sp³-hybridized carbons (Fsp3) is 0.400. The second kappa shape index (κ2) is 3.56. The van der Waals surface area contributed by atoms with E-state index in [0.29, 0.717) is 6.79 Å². The van der Waals surface area contributed by atoms with Crippen LogP contribution in [0.4, 0.5) is 5.69 Å². The Morgan fingerprint density at radius 3 is 3.00 bits per heavy atom. The van der Waals surface area contributed by atoms with Crippen molar-refractivity contribution in [3.63, 3.8) is 0 Å². The lowest BCUT2D eigenvalue weighted by atomic mass is 10.2. The molecule has 0 unspecified atom stereocenters. The summed E-state index contributed by atoms with van der Waals surface area (Å²) in [5.74, 6) is 1.67. The molecular formula is C10H13NO2. The molecule has 0 bridgehead atoms. The third-order valence-corrected chi connectivity index (χ3v) is 1.95. The maximum Gasteiger partial charge on any atom is 0.231 e. The van der Waals surface area contributed by atoms with Crippen molar-refractivity contribution in [2.75, 3.05) is 18.7 Å². The fourth-order valence-electron chi connectivity index (χ4n) is 1.28. The topological polar surface area (TPSA) is 30.5 Å². The number of nitrogens with one attached hydrogen (secondary N) is 1. The molecule has 0 aliphatic carbocycles. The highest BCUT2D eigenvalue weighted by molar-refractivity contribution is 5.55. The summed E-state index contributed by atoms with van der Waals surface area (Å²) >= 11 is 0. The average Bonchev–Trinajstić information content (AvgIpc) is 2.61. The minimum absolute atomic E-state index is 0.340. The van der Waals surface area contributed by atoms with Crippen LogP contribution in [0.15, 0.2) is 18.2 Å². The van der Waals surface area contributed by atoms with E-state index in [-0.39, 0.29) is 0 Å². The molecule has 13 heavy (non-hydrogen) atoms. The fourth-order valence-corrected chi connectivity index (χ4v) is 1.28. The Morgan fingerprint density at radius 1 is 1.31 bits per heavy atom. The summed E-state index contributed by atoms with van der Waals surface area (Å²) in [5, 5.41) is 3.29. The van der Waals surface area contributed by atoms with Gasteiger partial charge in [-0.15, -0.1) is 0 Å². The van der Waals surface area contributed by atoms with Gasteiger partial charge < -0.3 is 14.8 Å². The molecule has 0 aromatic heterocycles. The summed E-state index contributed by atoms with van der Waals surface area (Å²) in [6.07, 6.45) is 1.12. The average molecular weight is 179 g/mol. The van der Waals surface area contributed by atoms with Gasteiger partial charge in [-0.1, -0.05) is 6.92 Å². The Bertz CT molecular complexity index is 299. The summed E-state index contributed by atoms with van der Waals surface area (Å²) in [7, 11) is 0. The first kappa shape index (κ1) is 8.23. The van der Waals surface area contributed by atoms with Crippen LogP contribution in [-0.4, -0.2) is 13.3 Å². The molecule has 0 saturated carbocycles. The lowest BCUT2D eigenvalue weighted by Gasteiger charge is -2.04. The van der Waals surface area contributed by atoms with Gasteiger partial charge >= 0.3 is 0 Å². The maximum absolute atomic E-state index is 5.26. The van der Waals surface area contributed by atoms with Crippen molar-refractivity contribution in [1.82, 2.24) is 0 Å². The first-order valence-corrected chi connectivity index (χ1v) is 4.53. The number of hydrogen-bond acceptors (Lipinski definition) is 3. The maximum atomic E-state index is 5.26. The molecule has 3 nitrogen and oxygen atoms in total. The Hall–Kier alpha value is -1.38.